The van der Waals surface area contributed by atoms with Crippen molar-refractivity contribution in [1.82, 2.24) is 9.36 Å². The van der Waals surface area contributed by atoms with Crippen LogP contribution in [0, 0.1) is 0 Å². The molecule has 1 aromatic carbocycles. The molecule has 4 nitrogen and oxygen atoms in total. The molecule has 0 unspecified atom stereocenters. The summed E-state index contributed by atoms with van der Waals surface area (Å²) < 4.78 is 4.62. The fraction of sp³-hybridized carbons (Fsp3) is 0.400. The summed E-state index contributed by atoms with van der Waals surface area (Å²) in [4.78, 5) is 12.5. The number of rotatable bonds is 4. The van der Waals surface area contributed by atoms with Crippen LogP contribution in [0.25, 0.3) is 5.69 Å². The summed E-state index contributed by atoms with van der Waals surface area (Å²) in [7, 11) is 0. The minimum atomic E-state index is -0.139. The zero-order valence-electron chi connectivity index (χ0n) is 12.1. The van der Waals surface area contributed by atoms with Gasteiger partial charge in [0, 0.05) is 11.0 Å². The molecule has 0 aliphatic rings. The van der Waals surface area contributed by atoms with Crippen molar-refractivity contribution in [2.75, 3.05) is 5.73 Å². The first-order valence-corrected chi connectivity index (χ1v) is 7.63. The number of benzene rings is 1. The van der Waals surface area contributed by atoms with Crippen LogP contribution < -0.4 is 11.3 Å². The molecule has 0 saturated heterocycles. The lowest BCUT2D eigenvalue weighted by Crippen LogP contribution is -2.22. The van der Waals surface area contributed by atoms with E-state index < -0.39 is 0 Å². The van der Waals surface area contributed by atoms with Gasteiger partial charge in [-0.1, -0.05) is 42.8 Å². The number of aromatic nitrogens is 2. The first-order chi connectivity index (χ1) is 9.47. The van der Waals surface area contributed by atoms with E-state index in [1.165, 1.54) is 0 Å². The molecule has 0 bridgehead atoms. The van der Waals surface area contributed by atoms with Gasteiger partial charge in [-0.15, -0.1) is 0 Å². The van der Waals surface area contributed by atoms with Gasteiger partial charge in [-0.3, -0.25) is 9.48 Å². The minimum absolute atomic E-state index is 0.139. The molecule has 2 aromatic rings. The van der Waals surface area contributed by atoms with Crippen molar-refractivity contribution in [2.24, 2.45) is 0 Å². The number of anilines is 1. The predicted molar refractivity (Wildman–Crippen MR) is 86.5 cm³/mol. The van der Waals surface area contributed by atoms with Gasteiger partial charge in [0.05, 0.1) is 11.4 Å². The van der Waals surface area contributed by atoms with Gasteiger partial charge in [0.15, 0.2) is 0 Å². The maximum absolute atomic E-state index is 12.5. The van der Waals surface area contributed by atoms with E-state index in [9.17, 15) is 4.79 Å². The number of halogens is 1. The molecule has 0 radical (unpaired) electrons. The second-order valence-corrected chi connectivity index (χ2v) is 6.09. The summed E-state index contributed by atoms with van der Waals surface area (Å²) in [6, 6.07) is 7.70. The molecular weight excluding hydrogens is 318 g/mol. The molecule has 0 amide bonds. The fourth-order valence-electron chi connectivity index (χ4n) is 2.49. The zero-order chi connectivity index (χ0) is 14.9. The Morgan fingerprint density at radius 2 is 2.05 bits per heavy atom. The van der Waals surface area contributed by atoms with E-state index in [1.54, 1.807) is 4.68 Å². The van der Waals surface area contributed by atoms with Crippen LogP contribution in [0.4, 0.5) is 5.69 Å². The standard InChI is InChI=1S/C15H20BrN3O/c1-4-8-18-14(10(2)3)13(17)15(20)19(18)12-7-5-6-11(16)9-12/h5-7,9-10H,4,8,17H2,1-3H3. The lowest BCUT2D eigenvalue weighted by Gasteiger charge is -2.16. The predicted octanol–water partition coefficient (Wildman–Crippen LogP) is 3.52. The Labute approximate surface area is 127 Å². The Morgan fingerprint density at radius 1 is 1.35 bits per heavy atom. The summed E-state index contributed by atoms with van der Waals surface area (Å²) in [6.45, 7) is 6.98. The molecule has 2 rings (SSSR count). The number of nitrogen functional groups attached to an aromatic ring is 1. The molecule has 2 N–H and O–H groups in total. The first kappa shape index (κ1) is 14.9. The quantitative estimate of drug-likeness (QED) is 0.927. The van der Waals surface area contributed by atoms with Crippen LogP contribution in [-0.2, 0) is 6.54 Å². The molecule has 0 aliphatic heterocycles. The van der Waals surface area contributed by atoms with E-state index in [1.807, 2.05) is 28.9 Å². The van der Waals surface area contributed by atoms with Gasteiger partial charge >= 0.3 is 0 Å². The Balaban J connectivity index is 2.75. The molecule has 1 heterocycles. The van der Waals surface area contributed by atoms with Crippen molar-refractivity contribution in [1.29, 1.82) is 0 Å². The average molecular weight is 338 g/mol. The van der Waals surface area contributed by atoms with Crippen LogP contribution in [-0.4, -0.2) is 9.36 Å². The first-order valence-electron chi connectivity index (χ1n) is 6.84. The van der Waals surface area contributed by atoms with Gasteiger partial charge in [-0.2, -0.15) is 0 Å². The number of hydrogen-bond acceptors (Lipinski definition) is 2. The SMILES string of the molecule is CCCn1c(C(C)C)c(N)c(=O)n1-c1cccc(Br)c1. The highest BCUT2D eigenvalue weighted by Gasteiger charge is 2.20. The zero-order valence-corrected chi connectivity index (χ0v) is 13.6. The second kappa shape index (κ2) is 5.87. The van der Waals surface area contributed by atoms with E-state index >= 15 is 0 Å². The van der Waals surface area contributed by atoms with Crippen LogP contribution in [0.5, 0.6) is 0 Å². The van der Waals surface area contributed by atoms with Crippen LogP contribution in [0.15, 0.2) is 33.5 Å². The summed E-state index contributed by atoms with van der Waals surface area (Å²) in [5.74, 6) is 0.211. The third-order valence-corrected chi connectivity index (χ3v) is 3.75. The van der Waals surface area contributed by atoms with Crippen molar-refractivity contribution in [3.8, 4) is 5.69 Å². The second-order valence-electron chi connectivity index (χ2n) is 5.17. The third kappa shape index (κ3) is 2.54. The van der Waals surface area contributed by atoms with Gasteiger partial charge in [0.25, 0.3) is 5.56 Å². The minimum Gasteiger partial charge on any atom is -0.393 e. The average Bonchev–Trinajstić information content (AvgIpc) is 2.62. The highest BCUT2D eigenvalue weighted by Crippen LogP contribution is 2.23. The van der Waals surface area contributed by atoms with Gasteiger partial charge in [-0.25, -0.2) is 4.68 Å². The Kier molecular flexibility index (Phi) is 4.38. The van der Waals surface area contributed by atoms with Crippen molar-refractivity contribution in [2.45, 2.75) is 39.7 Å². The van der Waals surface area contributed by atoms with Crippen LogP contribution in [0.2, 0.25) is 0 Å². The topological polar surface area (TPSA) is 52.9 Å². The summed E-state index contributed by atoms with van der Waals surface area (Å²) in [5.41, 5.74) is 8.01. The summed E-state index contributed by atoms with van der Waals surface area (Å²) >= 11 is 3.45. The molecule has 20 heavy (non-hydrogen) atoms. The molecule has 0 spiro atoms. The molecule has 108 valence electrons. The van der Waals surface area contributed by atoms with Crippen molar-refractivity contribution >= 4 is 21.6 Å². The van der Waals surface area contributed by atoms with E-state index in [0.29, 0.717) is 5.69 Å². The maximum Gasteiger partial charge on any atom is 0.294 e. The molecule has 0 aliphatic carbocycles. The van der Waals surface area contributed by atoms with Gasteiger partial charge in [0.2, 0.25) is 0 Å². The van der Waals surface area contributed by atoms with Gasteiger partial charge in [0.1, 0.15) is 5.69 Å². The highest BCUT2D eigenvalue weighted by atomic mass is 79.9. The lowest BCUT2D eigenvalue weighted by atomic mass is 10.1. The third-order valence-electron chi connectivity index (χ3n) is 3.25. The number of hydrogen-bond donors (Lipinski definition) is 1. The van der Waals surface area contributed by atoms with Crippen molar-refractivity contribution in [3.63, 3.8) is 0 Å². The van der Waals surface area contributed by atoms with E-state index in [-0.39, 0.29) is 11.5 Å². The Hall–Kier alpha value is -1.49. The molecule has 0 atom stereocenters. The smallest absolute Gasteiger partial charge is 0.294 e. The van der Waals surface area contributed by atoms with Gasteiger partial charge < -0.3 is 5.73 Å². The lowest BCUT2D eigenvalue weighted by molar-refractivity contribution is 0.503. The molecule has 0 saturated carbocycles. The van der Waals surface area contributed by atoms with E-state index in [2.05, 4.69) is 36.7 Å². The normalized spacial score (nSPS) is 11.2. The monoisotopic (exact) mass is 337 g/mol. The Bertz CT molecular complexity index is 670. The van der Waals surface area contributed by atoms with Crippen molar-refractivity contribution in [3.05, 3.63) is 44.8 Å². The number of nitrogens with two attached hydrogens (primary N) is 1. The summed E-state index contributed by atoms with van der Waals surface area (Å²) in [5, 5.41) is 0. The van der Waals surface area contributed by atoms with Crippen LogP contribution >= 0.6 is 15.9 Å². The maximum atomic E-state index is 12.5. The largest absolute Gasteiger partial charge is 0.393 e. The fourth-order valence-corrected chi connectivity index (χ4v) is 2.87. The molecule has 5 heteroatoms. The molecule has 1 aromatic heterocycles. The van der Waals surface area contributed by atoms with Crippen LogP contribution in [0.3, 0.4) is 0 Å². The Morgan fingerprint density at radius 3 is 2.60 bits per heavy atom. The molecular formula is C15H20BrN3O. The van der Waals surface area contributed by atoms with Crippen molar-refractivity contribution < 1.29 is 0 Å². The number of nitrogens with zero attached hydrogens (tertiary/aromatic N) is 2. The van der Waals surface area contributed by atoms with E-state index in [0.717, 1.165) is 28.8 Å². The molecule has 0 fully saturated rings. The highest BCUT2D eigenvalue weighted by molar-refractivity contribution is 9.10. The summed E-state index contributed by atoms with van der Waals surface area (Å²) in [6.07, 6.45) is 0.946. The van der Waals surface area contributed by atoms with Crippen LogP contribution in [0.1, 0.15) is 38.8 Å². The van der Waals surface area contributed by atoms with Gasteiger partial charge in [-0.05, 0) is 30.5 Å². The van der Waals surface area contributed by atoms with E-state index in [4.69, 9.17) is 5.73 Å².